The minimum atomic E-state index is -3.95. The molecule has 1 amide bonds. The van der Waals surface area contributed by atoms with Crippen molar-refractivity contribution in [3.63, 3.8) is 0 Å². The second-order valence-corrected chi connectivity index (χ2v) is 8.45. The summed E-state index contributed by atoms with van der Waals surface area (Å²) in [4.78, 5) is 12.7. The summed E-state index contributed by atoms with van der Waals surface area (Å²) < 4.78 is 32.5. The Morgan fingerprint density at radius 3 is 2.31 bits per heavy atom. The van der Waals surface area contributed by atoms with Crippen LogP contribution >= 0.6 is 11.6 Å². The summed E-state index contributed by atoms with van der Waals surface area (Å²) in [5, 5.41) is 3.01. The van der Waals surface area contributed by atoms with E-state index in [1.807, 2.05) is 0 Å². The van der Waals surface area contributed by atoms with Crippen molar-refractivity contribution in [2.45, 2.75) is 4.90 Å². The minimum absolute atomic E-state index is 0.0298. The molecule has 0 aliphatic heterocycles. The topological polar surface area (TPSA) is 75.7 Å². The van der Waals surface area contributed by atoms with Crippen LogP contribution in [0.1, 0.15) is 10.4 Å². The van der Waals surface area contributed by atoms with Crippen LogP contribution in [0.4, 0.5) is 11.4 Å². The van der Waals surface area contributed by atoms with Crippen LogP contribution in [0.3, 0.4) is 0 Å². The van der Waals surface area contributed by atoms with Gasteiger partial charge >= 0.3 is 0 Å². The maximum atomic E-state index is 13.2. The third-order valence-corrected chi connectivity index (χ3v) is 6.44. The van der Waals surface area contributed by atoms with Crippen LogP contribution in [0.25, 0.3) is 0 Å². The molecular formula is C21H19ClN2O4S. The lowest BCUT2D eigenvalue weighted by atomic mass is 10.2. The highest BCUT2D eigenvalue weighted by molar-refractivity contribution is 7.92. The maximum Gasteiger partial charge on any atom is 0.264 e. The Bertz CT molecular complexity index is 1130. The van der Waals surface area contributed by atoms with E-state index in [0.717, 1.165) is 4.31 Å². The van der Waals surface area contributed by atoms with Gasteiger partial charge in [-0.15, -0.1) is 0 Å². The van der Waals surface area contributed by atoms with Gasteiger partial charge in [-0.2, -0.15) is 0 Å². The molecule has 0 aromatic heterocycles. The number of carbonyl (C=O) groups is 1. The highest BCUT2D eigenvalue weighted by Gasteiger charge is 2.26. The summed E-state index contributed by atoms with van der Waals surface area (Å²) in [5.41, 5.74) is 0.941. The van der Waals surface area contributed by atoms with E-state index in [0.29, 0.717) is 22.1 Å². The molecule has 1 N–H and O–H groups in total. The third kappa shape index (κ3) is 4.36. The lowest BCUT2D eigenvalue weighted by Crippen LogP contribution is -2.28. The predicted molar refractivity (Wildman–Crippen MR) is 114 cm³/mol. The molecule has 150 valence electrons. The molecule has 0 heterocycles. The van der Waals surface area contributed by atoms with E-state index >= 15 is 0 Å². The van der Waals surface area contributed by atoms with Gasteiger partial charge in [-0.25, -0.2) is 8.42 Å². The monoisotopic (exact) mass is 430 g/mol. The first-order chi connectivity index (χ1) is 13.8. The number of hydrogen-bond acceptors (Lipinski definition) is 4. The van der Waals surface area contributed by atoms with Crippen molar-refractivity contribution in [2.75, 3.05) is 23.8 Å². The Hall–Kier alpha value is -3.03. The normalized spacial score (nSPS) is 11.0. The first-order valence-corrected chi connectivity index (χ1v) is 10.4. The van der Waals surface area contributed by atoms with Crippen molar-refractivity contribution in [2.24, 2.45) is 0 Å². The van der Waals surface area contributed by atoms with E-state index in [2.05, 4.69) is 5.32 Å². The van der Waals surface area contributed by atoms with Crippen LogP contribution in [-0.4, -0.2) is 28.5 Å². The number of sulfonamides is 1. The molecule has 0 atom stereocenters. The van der Waals surface area contributed by atoms with Gasteiger partial charge in [0, 0.05) is 12.7 Å². The molecule has 0 radical (unpaired) electrons. The second kappa shape index (κ2) is 8.55. The first-order valence-electron chi connectivity index (χ1n) is 8.62. The molecule has 0 aliphatic rings. The van der Waals surface area contributed by atoms with E-state index in [4.69, 9.17) is 16.3 Å². The van der Waals surface area contributed by atoms with Crippen molar-refractivity contribution < 1.29 is 17.9 Å². The Morgan fingerprint density at radius 1 is 1.00 bits per heavy atom. The quantitative estimate of drug-likeness (QED) is 0.627. The summed E-state index contributed by atoms with van der Waals surface area (Å²) in [5.74, 6) is -0.0935. The fourth-order valence-electron chi connectivity index (χ4n) is 2.75. The number of benzene rings is 3. The number of methoxy groups -OCH3 is 1. The lowest BCUT2D eigenvalue weighted by molar-refractivity contribution is 0.102. The second-order valence-electron chi connectivity index (χ2n) is 6.11. The summed E-state index contributed by atoms with van der Waals surface area (Å²) >= 11 is 6.09. The predicted octanol–water partition coefficient (Wildman–Crippen LogP) is 4.43. The van der Waals surface area contributed by atoms with Crippen LogP contribution in [-0.2, 0) is 10.0 Å². The van der Waals surface area contributed by atoms with Crippen LogP contribution < -0.4 is 14.4 Å². The molecule has 0 aliphatic carbocycles. The number of carbonyl (C=O) groups excluding carboxylic acids is 1. The number of nitrogens with zero attached hydrogens (tertiary/aromatic N) is 1. The number of halogens is 1. The van der Waals surface area contributed by atoms with Crippen LogP contribution in [0.15, 0.2) is 77.7 Å². The van der Waals surface area contributed by atoms with E-state index in [9.17, 15) is 13.2 Å². The largest absolute Gasteiger partial charge is 0.495 e. The zero-order valence-electron chi connectivity index (χ0n) is 15.8. The molecule has 6 nitrogen and oxygen atoms in total. The summed E-state index contributed by atoms with van der Waals surface area (Å²) in [6.07, 6.45) is 0. The molecule has 0 unspecified atom stereocenters. The number of amides is 1. The molecule has 3 aromatic rings. The lowest BCUT2D eigenvalue weighted by Gasteiger charge is -2.21. The van der Waals surface area contributed by atoms with Crippen molar-refractivity contribution >= 4 is 38.9 Å². The number of rotatable bonds is 6. The molecule has 29 heavy (non-hydrogen) atoms. The van der Waals surface area contributed by atoms with E-state index < -0.39 is 15.9 Å². The number of para-hydroxylation sites is 1. The van der Waals surface area contributed by atoms with Crippen LogP contribution in [0.2, 0.25) is 5.02 Å². The average Bonchev–Trinajstić information content (AvgIpc) is 2.74. The van der Waals surface area contributed by atoms with E-state index in [-0.39, 0.29) is 10.5 Å². The maximum absolute atomic E-state index is 13.2. The Kier molecular flexibility index (Phi) is 6.10. The van der Waals surface area contributed by atoms with Gasteiger partial charge in [0.25, 0.3) is 15.9 Å². The fraction of sp³-hybridized carbons (Fsp3) is 0.0952. The zero-order valence-corrected chi connectivity index (χ0v) is 17.4. The van der Waals surface area contributed by atoms with Gasteiger partial charge in [0.15, 0.2) is 0 Å². The molecule has 0 saturated heterocycles. The Labute approximate surface area is 174 Å². The smallest absolute Gasteiger partial charge is 0.264 e. The molecule has 0 saturated carbocycles. The van der Waals surface area contributed by atoms with Gasteiger partial charge < -0.3 is 10.1 Å². The standard InChI is InChI=1S/C21H19ClN2O4S/c1-24(16-8-4-3-5-9-16)29(26,27)20-11-7-6-10-17(20)21(25)23-15-12-13-19(28-2)18(22)14-15/h3-14H,1-2H3,(H,23,25). The van der Waals surface area contributed by atoms with Gasteiger partial charge in [0.05, 0.1) is 23.4 Å². The van der Waals surface area contributed by atoms with Gasteiger partial charge in [0.1, 0.15) is 10.6 Å². The molecule has 3 aromatic carbocycles. The molecule has 0 spiro atoms. The highest BCUT2D eigenvalue weighted by atomic mass is 35.5. The Balaban J connectivity index is 1.94. The molecule has 3 rings (SSSR count). The number of hydrogen-bond donors (Lipinski definition) is 1. The molecular weight excluding hydrogens is 412 g/mol. The zero-order chi connectivity index (χ0) is 21.0. The first kappa shape index (κ1) is 20.7. The summed E-state index contributed by atoms with van der Waals surface area (Å²) in [6, 6.07) is 19.5. The molecule has 0 fully saturated rings. The van der Waals surface area contributed by atoms with E-state index in [1.54, 1.807) is 54.6 Å². The number of nitrogens with one attached hydrogen (secondary N) is 1. The fourth-order valence-corrected chi connectivity index (χ4v) is 4.39. The number of anilines is 2. The summed E-state index contributed by atoms with van der Waals surface area (Å²) in [6.45, 7) is 0. The summed E-state index contributed by atoms with van der Waals surface area (Å²) in [7, 11) is -1.02. The van der Waals surface area contributed by atoms with Gasteiger partial charge in [-0.3, -0.25) is 9.10 Å². The van der Waals surface area contributed by atoms with E-state index in [1.165, 1.54) is 32.4 Å². The van der Waals surface area contributed by atoms with Crippen LogP contribution in [0.5, 0.6) is 5.75 Å². The Morgan fingerprint density at radius 2 is 1.66 bits per heavy atom. The van der Waals surface area contributed by atoms with Crippen molar-refractivity contribution in [1.82, 2.24) is 0 Å². The van der Waals surface area contributed by atoms with Crippen molar-refractivity contribution in [3.05, 3.63) is 83.4 Å². The number of ether oxygens (including phenoxy) is 1. The van der Waals surface area contributed by atoms with Crippen molar-refractivity contribution in [1.29, 1.82) is 0 Å². The van der Waals surface area contributed by atoms with Crippen LogP contribution in [0, 0.1) is 0 Å². The molecule has 0 bridgehead atoms. The van der Waals surface area contributed by atoms with Gasteiger partial charge in [-0.1, -0.05) is 41.9 Å². The average molecular weight is 431 g/mol. The molecule has 8 heteroatoms. The third-order valence-electron chi connectivity index (χ3n) is 4.30. The van der Waals surface area contributed by atoms with Crippen molar-refractivity contribution in [3.8, 4) is 5.75 Å². The highest BCUT2D eigenvalue weighted by Crippen LogP contribution is 2.28. The van der Waals surface area contributed by atoms with Gasteiger partial charge in [0.2, 0.25) is 0 Å². The van der Waals surface area contributed by atoms with Gasteiger partial charge in [-0.05, 0) is 42.5 Å². The minimum Gasteiger partial charge on any atom is -0.495 e. The SMILES string of the molecule is COc1ccc(NC(=O)c2ccccc2S(=O)(=O)N(C)c2ccccc2)cc1Cl.